The van der Waals surface area contributed by atoms with Gasteiger partial charge in [0.1, 0.15) is 0 Å². The van der Waals surface area contributed by atoms with Gasteiger partial charge in [0.05, 0.1) is 0 Å². The predicted octanol–water partition coefficient (Wildman–Crippen LogP) is 1.14. The smallest absolute Gasteiger partial charge is 0.225 e. The zero-order valence-corrected chi connectivity index (χ0v) is 14.2. The number of nitrogens with zero attached hydrogens (tertiary/aromatic N) is 2. The number of benzene rings is 1. The van der Waals surface area contributed by atoms with Crippen LogP contribution in [0.1, 0.15) is 20.3 Å². The Hall–Kier alpha value is -2.41. The van der Waals surface area contributed by atoms with Gasteiger partial charge >= 0.3 is 0 Å². The number of anilines is 2. The van der Waals surface area contributed by atoms with Crippen LogP contribution < -0.4 is 10.6 Å². The summed E-state index contributed by atoms with van der Waals surface area (Å²) in [5.74, 6) is -0.112. The zero-order valence-electron chi connectivity index (χ0n) is 14.2. The average molecular weight is 332 g/mol. The minimum absolute atomic E-state index is 0.0658. The van der Waals surface area contributed by atoms with Gasteiger partial charge in [-0.15, -0.1) is 0 Å². The third-order valence-electron chi connectivity index (χ3n) is 3.94. The Kier molecular flexibility index (Phi) is 6.31. The number of carbonyl (C=O) groups is 3. The van der Waals surface area contributed by atoms with E-state index < -0.39 is 0 Å². The van der Waals surface area contributed by atoms with Gasteiger partial charge in [0, 0.05) is 64.4 Å². The number of carbonyl (C=O) groups excluding carboxylic acids is 3. The highest BCUT2D eigenvalue weighted by Crippen LogP contribution is 2.15. The van der Waals surface area contributed by atoms with Crippen LogP contribution in [0.5, 0.6) is 0 Å². The molecule has 1 heterocycles. The fraction of sp³-hybridized carbons (Fsp3) is 0.471. The molecule has 3 amide bonds. The van der Waals surface area contributed by atoms with E-state index in [0.717, 1.165) is 26.2 Å². The maximum atomic E-state index is 12.1. The molecule has 1 aromatic carbocycles. The summed E-state index contributed by atoms with van der Waals surface area (Å²) in [5, 5.41) is 5.53. The highest BCUT2D eigenvalue weighted by atomic mass is 16.2. The summed E-state index contributed by atoms with van der Waals surface area (Å²) in [4.78, 5) is 38.4. The molecule has 1 fully saturated rings. The SMILES string of the molecule is CC(=O)Nc1cccc(NC(=O)CCN2CCN(C(C)=O)CC2)c1. The van der Waals surface area contributed by atoms with E-state index in [1.54, 1.807) is 31.2 Å². The Morgan fingerprint density at radius 1 is 1.00 bits per heavy atom. The molecule has 1 aliphatic heterocycles. The first-order valence-corrected chi connectivity index (χ1v) is 8.09. The lowest BCUT2D eigenvalue weighted by Crippen LogP contribution is -2.48. The molecule has 0 bridgehead atoms. The first-order valence-electron chi connectivity index (χ1n) is 8.09. The lowest BCUT2D eigenvalue weighted by molar-refractivity contribution is -0.130. The molecule has 130 valence electrons. The summed E-state index contributed by atoms with van der Waals surface area (Å²) in [7, 11) is 0. The van der Waals surface area contributed by atoms with Crippen LogP contribution in [0.4, 0.5) is 11.4 Å². The Balaban J connectivity index is 1.76. The van der Waals surface area contributed by atoms with E-state index in [1.807, 2.05) is 4.90 Å². The van der Waals surface area contributed by atoms with Gasteiger partial charge in [0.15, 0.2) is 0 Å². The first-order chi connectivity index (χ1) is 11.4. The zero-order chi connectivity index (χ0) is 17.5. The molecule has 1 saturated heterocycles. The molecule has 0 unspecified atom stereocenters. The molecule has 0 saturated carbocycles. The highest BCUT2D eigenvalue weighted by Gasteiger charge is 2.18. The van der Waals surface area contributed by atoms with Crippen LogP contribution in [-0.2, 0) is 14.4 Å². The molecule has 2 N–H and O–H groups in total. The Morgan fingerprint density at radius 2 is 1.62 bits per heavy atom. The standard InChI is InChI=1S/C17H24N4O3/c1-13(22)18-15-4-3-5-16(12-15)19-17(24)6-7-20-8-10-21(11-9-20)14(2)23/h3-5,12H,6-11H2,1-2H3,(H,18,22)(H,19,24). The summed E-state index contributed by atoms with van der Waals surface area (Å²) in [6.45, 7) is 6.72. The summed E-state index contributed by atoms with van der Waals surface area (Å²) < 4.78 is 0. The molecule has 2 rings (SSSR count). The second-order valence-electron chi connectivity index (χ2n) is 5.91. The van der Waals surface area contributed by atoms with Crippen molar-refractivity contribution < 1.29 is 14.4 Å². The minimum atomic E-state index is -0.150. The summed E-state index contributed by atoms with van der Waals surface area (Å²) in [6, 6.07) is 7.06. The molecular weight excluding hydrogens is 308 g/mol. The largest absolute Gasteiger partial charge is 0.340 e. The first kappa shape index (κ1) is 17.9. The topological polar surface area (TPSA) is 81.8 Å². The minimum Gasteiger partial charge on any atom is -0.340 e. The number of nitrogens with one attached hydrogen (secondary N) is 2. The predicted molar refractivity (Wildman–Crippen MR) is 92.7 cm³/mol. The second kappa shape index (κ2) is 8.44. The van der Waals surface area contributed by atoms with Gasteiger partial charge < -0.3 is 15.5 Å². The van der Waals surface area contributed by atoms with Crippen LogP contribution in [0.3, 0.4) is 0 Å². The number of hydrogen-bond donors (Lipinski definition) is 2. The van der Waals surface area contributed by atoms with Crippen molar-refractivity contribution in [3.8, 4) is 0 Å². The van der Waals surface area contributed by atoms with Crippen molar-refractivity contribution >= 4 is 29.1 Å². The lowest BCUT2D eigenvalue weighted by atomic mass is 10.2. The van der Waals surface area contributed by atoms with Crippen LogP contribution >= 0.6 is 0 Å². The van der Waals surface area contributed by atoms with Crippen LogP contribution in [0.25, 0.3) is 0 Å². The number of piperazine rings is 1. The molecule has 0 atom stereocenters. The van der Waals surface area contributed by atoms with E-state index in [0.29, 0.717) is 24.3 Å². The van der Waals surface area contributed by atoms with Crippen molar-refractivity contribution in [2.24, 2.45) is 0 Å². The maximum absolute atomic E-state index is 12.1. The normalized spacial score (nSPS) is 15.0. The monoisotopic (exact) mass is 332 g/mol. The van der Waals surface area contributed by atoms with E-state index >= 15 is 0 Å². The van der Waals surface area contributed by atoms with Crippen LogP contribution in [0.15, 0.2) is 24.3 Å². The van der Waals surface area contributed by atoms with Gasteiger partial charge in [-0.3, -0.25) is 19.3 Å². The van der Waals surface area contributed by atoms with Gasteiger partial charge in [-0.25, -0.2) is 0 Å². The summed E-state index contributed by atoms with van der Waals surface area (Å²) in [5.41, 5.74) is 1.31. The van der Waals surface area contributed by atoms with Crippen molar-refractivity contribution in [3.05, 3.63) is 24.3 Å². The van der Waals surface area contributed by atoms with E-state index in [2.05, 4.69) is 15.5 Å². The molecule has 24 heavy (non-hydrogen) atoms. The molecule has 0 aliphatic carbocycles. The van der Waals surface area contributed by atoms with Crippen molar-refractivity contribution in [1.29, 1.82) is 0 Å². The van der Waals surface area contributed by atoms with Gasteiger partial charge in [0.2, 0.25) is 17.7 Å². The van der Waals surface area contributed by atoms with E-state index in [4.69, 9.17) is 0 Å². The molecule has 1 aromatic rings. The second-order valence-corrected chi connectivity index (χ2v) is 5.91. The van der Waals surface area contributed by atoms with Gasteiger partial charge in [-0.1, -0.05) is 6.07 Å². The third-order valence-corrected chi connectivity index (χ3v) is 3.94. The average Bonchev–Trinajstić information content (AvgIpc) is 2.53. The van der Waals surface area contributed by atoms with E-state index in [-0.39, 0.29) is 17.7 Å². The lowest BCUT2D eigenvalue weighted by Gasteiger charge is -2.34. The molecule has 7 heteroatoms. The Labute approximate surface area is 142 Å². The quantitative estimate of drug-likeness (QED) is 0.847. The van der Waals surface area contributed by atoms with Gasteiger partial charge in [-0.05, 0) is 18.2 Å². The fourth-order valence-electron chi connectivity index (χ4n) is 2.65. The van der Waals surface area contributed by atoms with Crippen molar-refractivity contribution in [3.63, 3.8) is 0 Å². The Bertz CT molecular complexity index is 610. The molecule has 0 spiro atoms. The Morgan fingerprint density at radius 3 is 2.21 bits per heavy atom. The molecular formula is C17H24N4O3. The van der Waals surface area contributed by atoms with Crippen molar-refractivity contribution in [2.75, 3.05) is 43.4 Å². The number of rotatable bonds is 5. The van der Waals surface area contributed by atoms with Crippen molar-refractivity contribution in [1.82, 2.24) is 9.80 Å². The van der Waals surface area contributed by atoms with Gasteiger partial charge in [0.25, 0.3) is 0 Å². The molecule has 7 nitrogen and oxygen atoms in total. The van der Waals surface area contributed by atoms with Crippen LogP contribution in [0, 0.1) is 0 Å². The van der Waals surface area contributed by atoms with Gasteiger partial charge in [-0.2, -0.15) is 0 Å². The maximum Gasteiger partial charge on any atom is 0.225 e. The summed E-state index contributed by atoms with van der Waals surface area (Å²) in [6.07, 6.45) is 0.393. The highest BCUT2D eigenvalue weighted by molar-refractivity contribution is 5.93. The molecule has 1 aliphatic rings. The molecule has 0 radical (unpaired) electrons. The summed E-state index contributed by atoms with van der Waals surface area (Å²) >= 11 is 0. The van der Waals surface area contributed by atoms with Crippen LogP contribution in [0.2, 0.25) is 0 Å². The third kappa shape index (κ3) is 5.66. The fourth-order valence-corrected chi connectivity index (χ4v) is 2.65. The molecule has 0 aromatic heterocycles. The van der Waals surface area contributed by atoms with E-state index in [9.17, 15) is 14.4 Å². The van der Waals surface area contributed by atoms with E-state index in [1.165, 1.54) is 6.92 Å². The van der Waals surface area contributed by atoms with Crippen LogP contribution in [-0.4, -0.2) is 60.2 Å². The number of hydrogen-bond acceptors (Lipinski definition) is 4. The number of amides is 3. The van der Waals surface area contributed by atoms with Crippen molar-refractivity contribution in [2.45, 2.75) is 20.3 Å².